The molecule has 0 saturated carbocycles. The SMILES string of the molecule is CCc1nc(NC)c(C)c(NCCC(C)O)n1. The molecule has 0 aromatic carbocycles. The summed E-state index contributed by atoms with van der Waals surface area (Å²) < 4.78 is 0. The van der Waals surface area contributed by atoms with Crippen LogP contribution in [0.2, 0.25) is 0 Å². The molecule has 0 fully saturated rings. The molecule has 1 aromatic heterocycles. The van der Waals surface area contributed by atoms with Crippen LogP contribution in [0.3, 0.4) is 0 Å². The molecular formula is C12H22N4O. The molecular weight excluding hydrogens is 216 g/mol. The number of hydrogen-bond donors (Lipinski definition) is 3. The predicted octanol–water partition coefficient (Wildman–Crippen LogP) is 1.57. The maximum absolute atomic E-state index is 9.22. The molecule has 0 saturated heterocycles. The van der Waals surface area contributed by atoms with Crippen molar-refractivity contribution in [3.8, 4) is 0 Å². The molecule has 96 valence electrons. The lowest BCUT2D eigenvalue weighted by Gasteiger charge is -2.13. The van der Waals surface area contributed by atoms with Gasteiger partial charge in [0.2, 0.25) is 0 Å². The fourth-order valence-corrected chi connectivity index (χ4v) is 1.54. The highest BCUT2D eigenvalue weighted by atomic mass is 16.3. The molecule has 17 heavy (non-hydrogen) atoms. The van der Waals surface area contributed by atoms with E-state index in [1.807, 2.05) is 20.9 Å². The highest BCUT2D eigenvalue weighted by molar-refractivity contribution is 5.56. The van der Waals surface area contributed by atoms with Gasteiger partial charge in [-0.1, -0.05) is 6.92 Å². The van der Waals surface area contributed by atoms with Crippen LogP contribution >= 0.6 is 0 Å². The zero-order valence-electron chi connectivity index (χ0n) is 11.0. The van der Waals surface area contributed by atoms with Gasteiger partial charge in [-0.25, -0.2) is 9.97 Å². The summed E-state index contributed by atoms with van der Waals surface area (Å²) in [7, 11) is 1.86. The van der Waals surface area contributed by atoms with E-state index in [-0.39, 0.29) is 6.10 Å². The molecule has 1 heterocycles. The Morgan fingerprint density at radius 1 is 1.29 bits per heavy atom. The average Bonchev–Trinajstić information content (AvgIpc) is 2.31. The van der Waals surface area contributed by atoms with Crippen molar-refractivity contribution in [2.24, 2.45) is 0 Å². The number of nitrogens with one attached hydrogen (secondary N) is 2. The lowest BCUT2D eigenvalue weighted by molar-refractivity contribution is 0.188. The number of aliphatic hydroxyl groups is 1. The van der Waals surface area contributed by atoms with Crippen molar-refractivity contribution in [2.75, 3.05) is 24.2 Å². The Morgan fingerprint density at radius 3 is 2.47 bits per heavy atom. The first-order chi connectivity index (χ1) is 8.08. The van der Waals surface area contributed by atoms with Crippen molar-refractivity contribution in [1.82, 2.24) is 9.97 Å². The van der Waals surface area contributed by atoms with Crippen molar-refractivity contribution in [1.29, 1.82) is 0 Å². The standard InChI is InChI=1S/C12H22N4O/c1-5-10-15-11(13-4)9(3)12(16-10)14-7-6-8(2)17/h8,17H,5-7H2,1-4H3,(H2,13,14,15,16). The number of anilines is 2. The second kappa shape index (κ2) is 6.39. The van der Waals surface area contributed by atoms with Crippen molar-refractivity contribution < 1.29 is 5.11 Å². The van der Waals surface area contributed by atoms with Crippen molar-refractivity contribution >= 4 is 11.6 Å². The van der Waals surface area contributed by atoms with E-state index < -0.39 is 0 Å². The van der Waals surface area contributed by atoms with Crippen LogP contribution < -0.4 is 10.6 Å². The lowest BCUT2D eigenvalue weighted by atomic mass is 10.2. The van der Waals surface area contributed by atoms with Gasteiger partial charge < -0.3 is 15.7 Å². The van der Waals surface area contributed by atoms with Crippen LogP contribution in [0, 0.1) is 6.92 Å². The van der Waals surface area contributed by atoms with E-state index in [0.29, 0.717) is 13.0 Å². The highest BCUT2D eigenvalue weighted by Crippen LogP contribution is 2.19. The normalized spacial score (nSPS) is 12.3. The number of hydrogen-bond acceptors (Lipinski definition) is 5. The minimum Gasteiger partial charge on any atom is -0.393 e. The van der Waals surface area contributed by atoms with Gasteiger partial charge in [0, 0.05) is 25.6 Å². The summed E-state index contributed by atoms with van der Waals surface area (Å²) in [6, 6.07) is 0. The summed E-state index contributed by atoms with van der Waals surface area (Å²) in [4.78, 5) is 8.85. The molecule has 1 aromatic rings. The van der Waals surface area contributed by atoms with Crippen LogP contribution in [0.25, 0.3) is 0 Å². The molecule has 1 atom stereocenters. The summed E-state index contributed by atoms with van der Waals surface area (Å²) >= 11 is 0. The third kappa shape index (κ3) is 3.85. The smallest absolute Gasteiger partial charge is 0.134 e. The van der Waals surface area contributed by atoms with Gasteiger partial charge in [-0.15, -0.1) is 0 Å². The minimum absolute atomic E-state index is 0.293. The molecule has 0 bridgehead atoms. The monoisotopic (exact) mass is 238 g/mol. The summed E-state index contributed by atoms with van der Waals surface area (Å²) in [5.41, 5.74) is 1.01. The largest absolute Gasteiger partial charge is 0.393 e. The van der Waals surface area contributed by atoms with E-state index in [9.17, 15) is 5.11 Å². The molecule has 0 aliphatic heterocycles. The quantitative estimate of drug-likeness (QED) is 0.702. The van der Waals surface area contributed by atoms with Gasteiger partial charge in [-0.2, -0.15) is 0 Å². The van der Waals surface area contributed by atoms with Gasteiger partial charge >= 0.3 is 0 Å². The second-order valence-corrected chi connectivity index (χ2v) is 4.13. The first-order valence-corrected chi connectivity index (χ1v) is 6.05. The van der Waals surface area contributed by atoms with Crippen molar-refractivity contribution in [2.45, 2.75) is 39.7 Å². The highest BCUT2D eigenvalue weighted by Gasteiger charge is 2.08. The minimum atomic E-state index is -0.293. The Bertz CT molecular complexity index is 366. The number of rotatable bonds is 6. The van der Waals surface area contributed by atoms with E-state index in [0.717, 1.165) is 29.4 Å². The summed E-state index contributed by atoms with van der Waals surface area (Å²) in [5.74, 6) is 2.53. The van der Waals surface area contributed by atoms with Crippen LogP contribution in [-0.4, -0.2) is 34.8 Å². The first kappa shape index (κ1) is 13.7. The van der Waals surface area contributed by atoms with Gasteiger partial charge in [0.1, 0.15) is 17.5 Å². The Labute approximate surface area is 103 Å². The van der Waals surface area contributed by atoms with E-state index in [1.165, 1.54) is 0 Å². The maximum atomic E-state index is 9.22. The maximum Gasteiger partial charge on any atom is 0.134 e. The van der Waals surface area contributed by atoms with Crippen LogP contribution in [0.5, 0.6) is 0 Å². The molecule has 1 unspecified atom stereocenters. The number of aryl methyl sites for hydroxylation is 1. The fourth-order valence-electron chi connectivity index (χ4n) is 1.54. The molecule has 0 spiro atoms. The third-order valence-corrected chi connectivity index (χ3v) is 2.60. The van der Waals surface area contributed by atoms with E-state index in [4.69, 9.17) is 0 Å². The molecule has 0 aliphatic rings. The summed E-state index contributed by atoms with van der Waals surface area (Å²) in [5, 5.41) is 15.5. The molecule has 1 rings (SSSR count). The molecule has 5 nitrogen and oxygen atoms in total. The van der Waals surface area contributed by atoms with Crippen LogP contribution in [-0.2, 0) is 6.42 Å². The molecule has 0 radical (unpaired) electrons. The van der Waals surface area contributed by atoms with Gasteiger partial charge in [0.15, 0.2) is 0 Å². The number of aliphatic hydroxyl groups excluding tert-OH is 1. The molecule has 0 aliphatic carbocycles. The lowest BCUT2D eigenvalue weighted by Crippen LogP contribution is -2.13. The zero-order chi connectivity index (χ0) is 12.8. The van der Waals surface area contributed by atoms with Crippen LogP contribution in [0.4, 0.5) is 11.6 Å². The Balaban J connectivity index is 2.82. The topological polar surface area (TPSA) is 70.1 Å². The Hall–Kier alpha value is -1.36. The average molecular weight is 238 g/mol. The van der Waals surface area contributed by atoms with E-state index in [1.54, 1.807) is 6.92 Å². The number of nitrogens with zero attached hydrogens (tertiary/aromatic N) is 2. The zero-order valence-corrected chi connectivity index (χ0v) is 11.0. The van der Waals surface area contributed by atoms with Crippen LogP contribution in [0.15, 0.2) is 0 Å². The Morgan fingerprint density at radius 2 is 1.94 bits per heavy atom. The first-order valence-electron chi connectivity index (χ1n) is 6.05. The number of aromatic nitrogens is 2. The predicted molar refractivity (Wildman–Crippen MR) is 70.5 cm³/mol. The van der Waals surface area contributed by atoms with Gasteiger partial charge in [0.25, 0.3) is 0 Å². The molecule has 0 amide bonds. The van der Waals surface area contributed by atoms with Gasteiger partial charge in [-0.05, 0) is 20.3 Å². The van der Waals surface area contributed by atoms with E-state index >= 15 is 0 Å². The van der Waals surface area contributed by atoms with Gasteiger partial charge in [-0.3, -0.25) is 0 Å². The van der Waals surface area contributed by atoms with E-state index in [2.05, 4.69) is 20.6 Å². The molecule has 5 heteroatoms. The van der Waals surface area contributed by atoms with Crippen molar-refractivity contribution in [3.05, 3.63) is 11.4 Å². The van der Waals surface area contributed by atoms with Gasteiger partial charge in [0.05, 0.1) is 6.10 Å². The molecule has 3 N–H and O–H groups in total. The van der Waals surface area contributed by atoms with Crippen molar-refractivity contribution in [3.63, 3.8) is 0 Å². The summed E-state index contributed by atoms with van der Waals surface area (Å²) in [6.07, 6.45) is 1.22. The fraction of sp³-hybridized carbons (Fsp3) is 0.667. The third-order valence-electron chi connectivity index (χ3n) is 2.60. The second-order valence-electron chi connectivity index (χ2n) is 4.13. The van der Waals surface area contributed by atoms with Crippen LogP contribution in [0.1, 0.15) is 31.7 Å². The Kier molecular flexibility index (Phi) is 5.15. The summed E-state index contributed by atoms with van der Waals surface area (Å²) in [6.45, 7) is 6.51.